The Labute approximate surface area is 152 Å². The first-order valence-electron chi connectivity index (χ1n) is 8.27. The van der Waals surface area contributed by atoms with Crippen LogP contribution in [0.2, 0.25) is 5.02 Å². The molecule has 0 heterocycles. The molecule has 0 fully saturated rings. The van der Waals surface area contributed by atoms with E-state index in [-0.39, 0.29) is 35.6 Å². The molecule has 2 rings (SSSR count). The highest BCUT2D eigenvalue weighted by atomic mass is 35.5. The van der Waals surface area contributed by atoms with Gasteiger partial charge < -0.3 is 5.32 Å². The summed E-state index contributed by atoms with van der Waals surface area (Å²) >= 11 is 5.75. The summed E-state index contributed by atoms with van der Waals surface area (Å²) in [7, 11) is 0. The standard InChI is InChI=1S/C20H21ClFNO2/c1-3-14-4-6-15(7-5-14)19(24)10-11-20(25)23-13(2)16-8-9-18(22)17(21)12-16/h4-9,12-13H,3,10-11H2,1-2H3,(H,23,25). The first-order valence-corrected chi connectivity index (χ1v) is 8.65. The highest BCUT2D eigenvalue weighted by Gasteiger charge is 2.13. The molecule has 3 nitrogen and oxygen atoms in total. The molecule has 1 amide bonds. The summed E-state index contributed by atoms with van der Waals surface area (Å²) in [5.74, 6) is -0.787. The molecule has 0 aliphatic carbocycles. The van der Waals surface area contributed by atoms with E-state index in [0.717, 1.165) is 6.42 Å². The Hall–Kier alpha value is -2.20. The molecule has 0 aliphatic heterocycles. The van der Waals surface area contributed by atoms with E-state index >= 15 is 0 Å². The van der Waals surface area contributed by atoms with Gasteiger partial charge in [-0.05, 0) is 36.6 Å². The van der Waals surface area contributed by atoms with Gasteiger partial charge >= 0.3 is 0 Å². The zero-order valence-corrected chi connectivity index (χ0v) is 15.1. The number of amides is 1. The van der Waals surface area contributed by atoms with Crippen molar-refractivity contribution in [3.8, 4) is 0 Å². The second kappa shape index (κ2) is 8.77. The number of nitrogens with one attached hydrogen (secondary N) is 1. The molecule has 0 spiro atoms. The van der Waals surface area contributed by atoms with Crippen LogP contribution in [-0.4, -0.2) is 11.7 Å². The topological polar surface area (TPSA) is 46.2 Å². The molecular weight excluding hydrogens is 341 g/mol. The van der Waals surface area contributed by atoms with Crippen molar-refractivity contribution in [3.05, 3.63) is 70.0 Å². The van der Waals surface area contributed by atoms with Gasteiger partial charge in [0.25, 0.3) is 0 Å². The summed E-state index contributed by atoms with van der Waals surface area (Å²) in [5, 5.41) is 2.81. The van der Waals surface area contributed by atoms with Gasteiger partial charge in [0.05, 0.1) is 11.1 Å². The summed E-state index contributed by atoms with van der Waals surface area (Å²) in [4.78, 5) is 24.2. The van der Waals surface area contributed by atoms with E-state index in [1.54, 1.807) is 25.1 Å². The number of halogens is 2. The van der Waals surface area contributed by atoms with Crippen LogP contribution in [0.1, 0.15) is 54.2 Å². The average molecular weight is 362 g/mol. The van der Waals surface area contributed by atoms with Crippen molar-refractivity contribution >= 4 is 23.3 Å². The lowest BCUT2D eigenvalue weighted by Gasteiger charge is -2.14. The fourth-order valence-electron chi connectivity index (χ4n) is 2.48. The molecule has 0 aromatic heterocycles. The van der Waals surface area contributed by atoms with E-state index in [1.807, 2.05) is 12.1 Å². The lowest BCUT2D eigenvalue weighted by Crippen LogP contribution is -2.27. The van der Waals surface area contributed by atoms with E-state index in [1.165, 1.54) is 17.7 Å². The van der Waals surface area contributed by atoms with Gasteiger partial charge in [-0.25, -0.2) is 4.39 Å². The Balaban J connectivity index is 1.86. The van der Waals surface area contributed by atoms with Crippen LogP contribution >= 0.6 is 11.6 Å². The maximum atomic E-state index is 13.2. The summed E-state index contributed by atoms with van der Waals surface area (Å²) < 4.78 is 13.2. The smallest absolute Gasteiger partial charge is 0.220 e. The zero-order valence-electron chi connectivity index (χ0n) is 14.3. The second-order valence-corrected chi connectivity index (χ2v) is 6.34. The molecular formula is C20H21ClFNO2. The predicted molar refractivity (Wildman–Crippen MR) is 97.4 cm³/mol. The van der Waals surface area contributed by atoms with Crippen molar-refractivity contribution in [2.75, 3.05) is 0 Å². The lowest BCUT2D eigenvalue weighted by molar-refractivity contribution is -0.121. The summed E-state index contributed by atoms with van der Waals surface area (Å²) in [6.07, 6.45) is 1.17. The second-order valence-electron chi connectivity index (χ2n) is 5.94. The van der Waals surface area contributed by atoms with Crippen LogP contribution in [0.15, 0.2) is 42.5 Å². The number of carbonyl (C=O) groups excluding carboxylic acids is 2. The number of carbonyl (C=O) groups is 2. The third kappa shape index (κ3) is 5.40. The number of hydrogen-bond acceptors (Lipinski definition) is 2. The molecule has 2 aromatic rings. The van der Waals surface area contributed by atoms with E-state index in [9.17, 15) is 14.0 Å². The van der Waals surface area contributed by atoms with Gasteiger partial charge in [-0.1, -0.05) is 48.9 Å². The van der Waals surface area contributed by atoms with Crippen molar-refractivity contribution in [3.63, 3.8) is 0 Å². The van der Waals surface area contributed by atoms with E-state index in [0.29, 0.717) is 11.1 Å². The molecule has 0 saturated carbocycles. The van der Waals surface area contributed by atoms with Crippen molar-refractivity contribution < 1.29 is 14.0 Å². The van der Waals surface area contributed by atoms with Crippen LogP contribution in [-0.2, 0) is 11.2 Å². The van der Waals surface area contributed by atoms with E-state index < -0.39 is 5.82 Å². The fraction of sp³-hybridized carbons (Fsp3) is 0.300. The van der Waals surface area contributed by atoms with E-state index in [4.69, 9.17) is 11.6 Å². The van der Waals surface area contributed by atoms with Crippen molar-refractivity contribution in [1.82, 2.24) is 5.32 Å². The minimum Gasteiger partial charge on any atom is -0.350 e. The molecule has 0 aliphatic rings. The third-order valence-corrected chi connectivity index (χ3v) is 4.37. The van der Waals surface area contributed by atoms with Crippen LogP contribution in [0.3, 0.4) is 0 Å². The number of Topliss-reactive ketones (excluding diaryl/α,β-unsaturated/α-hetero) is 1. The largest absolute Gasteiger partial charge is 0.350 e. The van der Waals surface area contributed by atoms with Gasteiger partial charge in [-0.15, -0.1) is 0 Å². The quantitative estimate of drug-likeness (QED) is 0.714. The Kier molecular flexibility index (Phi) is 6.71. The average Bonchev–Trinajstić information content (AvgIpc) is 2.62. The van der Waals surface area contributed by atoms with Gasteiger partial charge in [-0.2, -0.15) is 0 Å². The molecule has 5 heteroatoms. The minimum absolute atomic E-state index is 0.0179. The lowest BCUT2D eigenvalue weighted by atomic mass is 10.0. The summed E-state index contributed by atoms with van der Waals surface area (Å²) in [6.45, 7) is 3.84. The first-order chi connectivity index (χ1) is 11.9. The minimum atomic E-state index is -0.497. The first kappa shape index (κ1) is 19.1. The molecule has 1 N–H and O–H groups in total. The Bertz CT molecular complexity index is 759. The van der Waals surface area contributed by atoms with Crippen LogP contribution in [0.5, 0.6) is 0 Å². The van der Waals surface area contributed by atoms with Gasteiger partial charge in [0.15, 0.2) is 5.78 Å². The number of ketones is 1. The molecule has 132 valence electrons. The van der Waals surface area contributed by atoms with Crippen molar-refractivity contribution in [1.29, 1.82) is 0 Å². The van der Waals surface area contributed by atoms with Crippen molar-refractivity contribution in [2.45, 2.75) is 39.2 Å². The van der Waals surface area contributed by atoms with Crippen LogP contribution < -0.4 is 5.32 Å². The molecule has 25 heavy (non-hydrogen) atoms. The number of rotatable bonds is 7. The van der Waals surface area contributed by atoms with Crippen LogP contribution in [0.4, 0.5) is 4.39 Å². The zero-order chi connectivity index (χ0) is 18.4. The number of aryl methyl sites for hydroxylation is 1. The Morgan fingerprint density at radius 1 is 1.12 bits per heavy atom. The van der Waals surface area contributed by atoms with Gasteiger partial charge in [0.1, 0.15) is 5.82 Å². The highest BCUT2D eigenvalue weighted by molar-refractivity contribution is 6.30. The SMILES string of the molecule is CCc1ccc(C(=O)CCC(=O)NC(C)c2ccc(F)c(Cl)c2)cc1. The molecule has 0 saturated heterocycles. The summed E-state index contributed by atoms with van der Waals surface area (Å²) in [6, 6.07) is 11.5. The molecule has 0 bridgehead atoms. The normalized spacial score (nSPS) is 11.8. The number of benzene rings is 2. The monoisotopic (exact) mass is 361 g/mol. The molecule has 1 atom stereocenters. The van der Waals surface area contributed by atoms with Crippen LogP contribution in [0.25, 0.3) is 0 Å². The number of hydrogen-bond donors (Lipinski definition) is 1. The van der Waals surface area contributed by atoms with E-state index in [2.05, 4.69) is 12.2 Å². The molecule has 2 aromatic carbocycles. The Morgan fingerprint density at radius 2 is 1.80 bits per heavy atom. The van der Waals surface area contributed by atoms with Gasteiger partial charge in [-0.3, -0.25) is 9.59 Å². The van der Waals surface area contributed by atoms with Crippen LogP contribution in [0, 0.1) is 5.82 Å². The maximum absolute atomic E-state index is 13.2. The van der Waals surface area contributed by atoms with Gasteiger partial charge in [0, 0.05) is 18.4 Å². The Morgan fingerprint density at radius 3 is 2.40 bits per heavy atom. The predicted octanol–water partition coefficient (Wildman–Crippen LogP) is 4.88. The van der Waals surface area contributed by atoms with Crippen molar-refractivity contribution in [2.24, 2.45) is 0 Å². The fourth-order valence-corrected chi connectivity index (χ4v) is 2.67. The molecule has 1 unspecified atom stereocenters. The van der Waals surface area contributed by atoms with Gasteiger partial charge in [0.2, 0.25) is 5.91 Å². The molecule has 0 radical (unpaired) electrons. The summed E-state index contributed by atoms with van der Waals surface area (Å²) in [5.41, 5.74) is 2.49. The highest BCUT2D eigenvalue weighted by Crippen LogP contribution is 2.20. The maximum Gasteiger partial charge on any atom is 0.220 e. The third-order valence-electron chi connectivity index (χ3n) is 4.08.